The smallest absolute Gasteiger partial charge is 0.113 e. The third-order valence-corrected chi connectivity index (χ3v) is 2.20. The average molecular weight is 188 g/mol. The van der Waals surface area contributed by atoms with Gasteiger partial charge in [-0.3, -0.25) is 9.67 Å². The molecule has 0 amide bonds. The molecule has 0 unspecified atom stereocenters. The molecule has 2 N–H and O–H groups in total. The molecule has 0 radical (unpaired) electrons. The lowest BCUT2D eigenvalue weighted by Crippen LogP contribution is -1.95. The molecule has 0 saturated heterocycles. The first-order valence-corrected chi connectivity index (χ1v) is 4.40. The summed E-state index contributed by atoms with van der Waals surface area (Å²) in [7, 11) is 1.90. The molecule has 4 nitrogen and oxygen atoms in total. The zero-order valence-electron chi connectivity index (χ0n) is 8.23. The van der Waals surface area contributed by atoms with E-state index in [9.17, 15) is 0 Å². The van der Waals surface area contributed by atoms with Crippen LogP contribution in [-0.2, 0) is 7.05 Å². The van der Waals surface area contributed by atoms with Gasteiger partial charge in [0.1, 0.15) is 11.4 Å². The average Bonchev–Trinajstić information content (AvgIpc) is 2.48. The van der Waals surface area contributed by atoms with Crippen LogP contribution < -0.4 is 5.73 Å². The van der Waals surface area contributed by atoms with Gasteiger partial charge in [0.05, 0.1) is 5.69 Å². The van der Waals surface area contributed by atoms with Crippen molar-refractivity contribution in [3.8, 4) is 11.4 Å². The summed E-state index contributed by atoms with van der Waals surface area (Å²) in [4.78, 5) is 4.20. The van der Waals surface area contributed by atoms with Gasteiger partial charge in [-0.15, -0.1) is 0 Å². The molecule has 0 bridgehead atoms. The van der Waals surface area contributed by atoms with Crippen molar-refractivity contribution in [2.24, 2.45) is 7.05 Å². The zero-order valence-corrected chi connectivity index (χ0v) is 8.23. The molecule has 0 aliphatic heterocycles. The van der Waals surface area contributed by atoms with Crippen LogP contribution in [0.3, 0.4) is 0 Å². The summed E-state index contributed by atoms with van der Waals surface area (Å²) in [6.45, 7) is 2.00. The highest BCUT2D eigenvalue weighted by atomic mass is 15.3. The number of nitrogen functional groups attached to an aromatic ring is 1. The first-order chi connectivity index (χ1) is 6.68. The molecule has 14 heavy (non-hydrogen) atoms. The minimum atomic E-state index is 0.658. The summed E-state index contributed by atoms with van der Waals surface area (Å²) in [5.74, 6) is 0. The van der Waals surface area contributed by atoms with Crippen LogP contribution >= 0.6 is 0 Å². The summed E-state index contributed by atoms with van der Waals surface area (Å²) in [6.07, 6.45) is 1.72. The van der Waals surface area contributed by atoms with Crippen molar-refractivity contribution in [2.75, 3.05) is 5.73 Å². The summed E-state index contributed by atoms with van der Waals surface area (Å²) < 4.78 is 1.81. The predicted molar refractivity (Wildman–Crippen MR) is 55.6 cm³/mol. The van der Waals surface area contributed by atoms with Gasteiger partial charge in [0.15, 0.2) is 0 Å². The number of anilines is 1. The number of hydrogen-bond donors (Lipinski definition) is 1. The van der Waals surface area contributed by atoms with Crippen molar-refractivity contribution in [3.63, 3.8) is 0 Å². The van der Waals surface area contributed by atoms with Gasteiger partial charge in [0.2, 0.25) is 0 Å². The van der Waals surface area contributed by atoms with Crippen LogP contribution in [0.4, 0.5) is 5.69 Å². The van der Waals surface area contributed by atoms with Crippen LogP contribution in [0.15, 0.2) is 24.4 Å². The molecule has 0 spiro atoms. The lowest BCUT2D eigenvalue weighted by atomic mass is 10.2. The highest BCUT2D eigenvalue weighted by molar-refractivity contribution is 5.69. The SMILES string of the molecule is Cc1cc(-c2ncccc2N)nn1C. The molecule has 2 heterocycles. The molecule has 0 atom stereocenters. The summed E-state index contributed by atoms with van der Waals surface area (Å²) in [5, 5.41) is 4.32. The second kappa shape index (κ2) is 3.14. The Kier molecular flexibility index (Phi) is 1.96. The lowest BCUT2D eigenvalue weighted by molar-refractivity contribution is 0.742. The fraction of sp³-hybridized carbons (Fsp3) is 0.200. The lowest BCUT2D eigenvalue weighted by Gasteiger charge is -1.98. The van der Waals surface area contributed by atoms with Crippen LogP contribution in [0.5, 0.6) is 0 Å². The van der Waals surface area contributed by atoms with Gasteiger partial charge in [0.25, 0.3) is 0 Å². The minimum absolute atomic E-state index is 0.658. The number of rotatable bonds is 1. The molecule has 4 heteroatoms. The van der Waals surface area contributed by atoms with E-state index in [4.69, 9.17) is 5.73 Å². The van der Waals surface area contributed by atoms with Crippen molar-refractivity contribution in [1.82, 2.24) is 14.8 Å². The van der Waals surface area contributed by atoms with E-state index in [0.717, 1.165) is 17.1 Å². The Morgan fingerprint density at radius 3 is 2.79 bits per heavy atom. The van der Waals surface area contributed by atoms with Crippen LogP contribution in [0.25, 0.3) is 11.4 Å². The van der Waals surface area contributed by atoms with Crippen LogP contribution in [0, 0.1) is 6.92 Å². The van der Waals surface area contributed by atoms with E-state index in [2.05, 4.69) is 10.1 Å². The normalized spacial score (nSPS) is 10.4. The fourth-order valence-electron chi connectivity index (χ4n) is 1.31. The molecular formula is C10H12N4. The first kappa shape index (κ1) is 8.74. The molecule has 2 aromatic heterocycles. The zero-order chi connectivity index (χ0) is 10.1. The third kappa shape index (κ3) is 1.35. The van der Waals surface area contributed by atoms with Crippen molar-refractivity contribution in [1.29, 1.82) is 0 Å². The highest BCUT2D eigenvalue weighted by Crippen LogP contribution is 2.21. The Labute approximate surface area is 82.4 Å². The van der Waals surface area contributed by atoms with E-state index in [1.807, 2.05) is 36.9 Å². The quantitative estimate of drug-likeness (QED) is 0.735. The summed E-state index contributed by atoms with van der Waals surface area (Å²) in [6, 6.07) is 5.61. The molecule has 0 saturated carbocycles. The topological polar surface area (TPSA) is 56.7 Å². The van der Waals surface area contributed by atoms with E-state index in [1.165, 1.54) is 0 Å². The van der Waals surface area contributed by atoms with E-state index < -0.39 is 0 Å². The monoisotopic (exact) mass is 188 g/mol. The summed E-state index contributed by atoms with van der Waals surface area (Å²) in [5.41, 5.74) is 9.11. The predicted octanol–water partition coefficient (Wildman–Crippen LogP) is 1.37. The second-order valence-electron chi connectivity index (χ2n) is 3.24. The van der Waals surface area contributed by atoms with Crippen molar-refractivity contribution in [3.05, 3.63) is 30.1 Å². The third-order valence-electron chi connectivity index (χ3n) is 2.20. The molecule has 2 rings (SSSR count). The van der Waals surface area contributed by atoms with Gasteiger partial charge in [-0.1, -0.05) is 0 Å². The fourth-order valence-corrected chi connectivity index (χ4v) is 1.31. The van der Waals surface area contributed by atoms with Gasteiger partial charge >= 0.3 is 0 Å². The minimum Gasteiger partial charge on any atom is -0.397 e. The molecular weight excluding hydrogens is 176 g/mol. The van der Waals surface area contributed by atoms with E-state index in [1.54, 1.807) is 6.20 Å². The maximum absolute atomic E-state index is 5.80. The largest absolute Gasteiger partial charge is 0.397 e. The number of nitrogens with two attached hydrogens (primary N) is 1. The Bertz CT molecular complexity index is 439. The standard InChI is InChI=1S/C10H12N4/c1-7-6-9(13-14(7)2)10-8(11)4-3-5-12-10/h3-6H,11H2,1-2H3. The van der Waals surface area contributed by atoms with Crippen LogP contribution in [0.1, 0.15) is 5.69 Å². The van der Waals surface area contributed by atoms with Gasteiger partial charge in [-0.25, -0.2) is 0 Å². The number of aromatic nitrogens is 3. The van der Waals surface area contributed by atoms with Crippen molar-refractivity contribution >= 4 is 5.69 Å². The van der Waals surface area contributed by atoms with Gasteiger partial charge < -0.3 is 5.73 Å². The Morgan fingerprint density at radius 1 is 1.43 bits per heavy atom. The molecule has 2 aromatic rings. The summed E-state index contributed by atoms with van der Waals surface area (Å²) >= 11 is 0. The number of nitrogens with zero attached hydrogens (tertiary/aromatic N) is 3. The van der Waals surface area contributed by atoms with Gasteiger partial charge in [-0.2, -0.15) is 5.10 Å². The Hall–Kier alpha value is -1.84. The molecule has 0 aliphatic carbocycles. The number of hydrogen-bond acceptors (Lipinski definition) is 3. The van der Waals surface area contributed by atoms with Gasteiger partial charge in [0, 0.05) is 18.9 Å². The molecule has 72 valence electrons. The van der Waals surface area contributed by atoms with Crippen molar-refractivity contribution in [2.45, 2.75) is 6.92 Å². The Balaban J connectivity index is 2.55. The van der Waals surface area contributed by atoms with Crippen LogP contribution in [-0.4, -0.2) is 14.8 Å². The van der Waals surface area contributed by atoms with Crippen molar-refractivity contribution < 1.29 is 0 Å². The first-order valence-electron chi connectivity index (χ1n) is 4.40. The van der Waals surface area contributed by atoms with E-state index >= 15 is 0 Å². The molecule has 0 aromatic carbocycles. The number of pyridine rings is 1. The van der Waals surface area contributed by atoms with E-state index in [0.29, 0.717) is 5.69 Å². The van der Waals surface area contributed by atoms with Gasteiger partial charge in [-0.05, 0) is 25.1 Å². The number of aryl methyl sites for hydroxylation is 2. The molecule has 0 fully saturated rings. The Morgan fingerprint density at radius 2 is 2.21 bits per heavy atom. The van der Waals surface area contributed by atoms with Crippen LogP contribution in [0.2, 0.25) is 0 Å². The highest BCUT2D eigenvalue weighted by Gasteiger charge is 2.07. The molecule has 0 aliphatic rings. The maximum atomic E-state index is 5.80. The van der Waals surface area contributed by atoms with E-state index in [-0.39, 0.29) is 0 Å². The second-order valence-corrected chi connectivity index (χ2v) is 3.24. The maximum Gasteiger partial charge on any atom is 0.113 e.